The van der Waals surface area contributed by atoms with Gasteiger partial charge in [0.2, 0.25) is 5.91 Å². The normalized spacial score (nSPS) is 16.1. The second-order valence-corrected chi connectivity index (χ2v) is 6.72. The summed E-state index contributed by atoms with van der Waals surface area (Å²) in [6.07, 6.45) is 6.41. The maximum absolute atomic E-state index is 12.4. The number of carbonyl (C=O) groups is 1. The first kappa shape index (κ1) is 17.3. The van der Waals surface area contributed by atoms with Gasteiger partial charge in [-0.3, -0.25) is 9.59 Å². The molecule has 2 heterocycles. The molecule has 1 atom stereocenters. The third kappa shape index (κ3) is 3.78. The Hall–Kier alpha value is -2.51. The zero-order valence-electron chi connectivity index (χ0n) is 14.9. The van der Waals surface area contributed by atoms with Gasteiger partial charge in [-0.05, 0) is 33.6 Å². The summed E-state index contributed by atoms with van der Waals surface area (Å²) in [6, 6.07) is 0.143. The fourth-order valence-electron chi connectivity index (χ4n) is 3.50. The van der Waals surface area contributed by atoms with Gasteiger partial charge in [-0.25, -0.2) is 4.98 Å². The lowest BCUT2D eigenvalue weighted by Crippen LogP contribution is -2.32. The van der Waals surface area contributed by atoms with E-state index in [9.17, 15) is 9.59 Å². The van der Waals surface area contributed by atoms with Gasteiger partial charge < -0.3 is 14.9 Å². The number of nitrogens with zero attached hydrogens (tertiary/aromatic N) is 4. The quantitative estimate of drug-likeness (QED) is 0.855. The number of hydrogen-bond acceptors (Lipinski definition) is 5. The van der Waals surface area contributed by atoms with Crippen LogP contribution in [0.25, 0.3) is 0 Å². The molecule has 3 rings (SSSR count). The highest BCUT2D eigenvalue weighted by molar-refractivity contribution is 5.79. The Kier molecular flexibility index (Phi) is 4.96. The van der Waals surface area contributed by atoms with E-state index in [2.05, 4.69) is 30.0 Å². The van der Waals surface area contributed by atoms with E-state index in [0.29, 0.717) is 23.1 Å². The average molecular weight is 344 g/mol. The van der Waals surface area contributed by atoms with E-state index in [4.69, 9.17) is 0 Å². The molecule has 25 heavy (non-hydrogen) atoms. The van der Waals surface area contributed by atoms with Gasteiger partial charge in [-0.2, -0.15) is 0 Å². The zero-order valence-corrected chi connectivity index (χ0v) is 14.9. The molecule has 1 amide bonds. The summed E-state index contributed by atoms with van der Waals surface area (Å²) in [5, 5.41) is 11.1. The van der Waals surface area contributed by atoms with Crippen LogP contribution in [0.2, 0.25) is 0 Å². The molecule has 134 valence electrons. The van der Waals surface area contributed by atoms with E-state index in [1.54, 1.807) is 20.2 Å². The van der Waals surface area contributed by atoms with E-state index < -0.39 is 0 Å². The molecule has 2 aromatic heterocycles. The first-order valence-corrected chi connectivity index (χ1v) is 8.71. The standard InChI is InChI=1S/C17H24N6O2/c1-10-14(17(25)21-12(3)19-10)8-15(24)20-11(2)16-22-18-9-23(16)13-6-4-5-7-13/h9,11,13H,4-8H2,1-3H3,(H,20,24)(H,19,21,25)/t11-/m0/s1. The number of rotatable bonds is 5. The lowest BCUT2D eigenvalue weighted by Gasteiger charge is -2.18. The largest absolute Gasteiger partial charge is 0.346 e. The lowest BCUT2D eigenvalue weighted by atomic mass is 10.1. The first-order valence-electron chi connectivity index (χ1n) is 8.71. The fraction of sp³-hybridized carbons (Fsp3) is 0.588. The van der Waals surface area contributed by atoms with E-state index in [0.717, 1.165) is 18.7 Å². The summed E-state index contributed by atoms with van der Waals surface area (Å²) in [4.78, 5) is 31.3. The van der Waals surface area contributed by atoms with Crippen LogP contribution in [0.3, 0.4) is 0 Å². The van der Waals surface area contributed by atoms with Crippen molar-refractivity contribution in [2.75, 3.05) is 0 Å². The summed E-state index contributed by atoms with van der Waals surface area (Å²) >= 11 is 0. The second kappa shape index (κ2) is 7.16. The van der Waals surface area contributed by atoms with Crippen LogP contribution in [0.4, 0.5) is 0 Å². The Morgan fingerprint density at radius 1 is 1.40 bits per heavy atom. The molecule has 0 saturated heterocycles. The average Bonchev–Trinajstić information content (AvgIpc) is 3.20. The fourth-order valence-corrected chi connectivity index (χ4v) is 3.50. The molecule has 8 heteroatoms. The van der Waals surface area contributed by atoms with Gasteiger partial charge >= 0.3 is 0 Å². The maximum atomic E-state index is 12.4. The van der Waals surface area contributed by atoms with Crippen LogP contribution < -0.4 is 10.9 Å². The Balaban J connectivity index is 1.70. The smallest absolute Gasteiger partial charge is 0.254 e. The van der Waals surface area contributed by atoms with Crippen LogP contribution >= 0.6 is 0 Å². The number of aromatic amines is 1. The van der Waals surface area contributed by atoms with Crippen molar-refractivity contribution < 1.29 is 4.79 Å². The first-order chi connectivity index (χ1) is 12.0. The molecular weight excluding hydrogens is 320 g/mol. The van der Waals surface area contributed by atoms with Crippen molar-refractivity contribution in [3.8, 4) is 0 Å². The number of amides is 1. The minimum Gasteiger partial charge on any atom is -0.346 e. The molecule has 2 N–H and O–H groups in total. The molecule has 2 aromatic rings. The SMILES string of the molecule is Cc1nc(C)c(CC(=O)N[C@@H](C)c2nncn2C2CCCC2)c(=O)[nH]1. The van der Waals surface area contributed by atoms with E-state index in [1.807, 2.05) is 6.92 Å². The van der Waals surface area contributed by atoms with Crippen molar-refractivity contribution in [3.05, 3.63) is 39.6 Å². The maximum Gasteiger partial charge on any atom is 0.254 e. The molecule has 0 bridgehead atoms. The Bertz CT molecular complexity index is 819. The van der Waals surface area contributed by atoms with Gasteiger partial charge in [-0.15, -0.1) is 10.2 Å². The van der Waals surface area contributed by atoms with Crippen LogP contribution in [-0.2, 0) is 11.2 Å². The molecule has 8 nitrogen and oxygen atoms in total. The van der Waals surface area contributed by atoms with Crippen LogP contribution in [-0.4, -0.2) is 30.6 Å². The van der Waals surface area contributed by atoms with Crippen molar-refractivity contribution in [1.82, 2.24) is 30.0 Å². The summed E-state index contributed by atoms with van der Waals surface area (Å²) in [5.74, 6) is 1.07. The number of H-pyrrole nitrogens is 1. The highest BCUT2D eigenvalue weighted by Crippen LogP contribution is 2.31. The predicted octanol–water partition coefficient (Wildman–Crippen LogP) is 1.51. The Morgan fingerprint density at radius 3 is 2.80 bits per heavy atom. The minimum absolute atomic E-state index is 0.00362. The van der Waals surface area contributed by atoms with Crippen LogP contribution in [0.15, 0.2) is 11.1 Å². The van der Waals surface area contributed by atoms with Gasteiger partial charge in [0, 0.05) is 17.3 Å². The lowest BCUT2D eigenvalue weighted by molar-refractivity contribution is -0.121. The van der Waals surface area contributed by atoms with Gasteiger partial charge in [0.1, 0.15) is 12.2 Å². The highest BCUT2D eigenvalue weighted by atomic mass is 16.2. The molecule has 1 aliphatic carbocycles. The van der Waals surface area contributed by atoms with Crippen LogP contribution in [0, 0.1) is 13.8 Å². The van der Waals surface area contributed by atoms with Crippen molar-refractivity contribution in [1.29, 1.82) is 0 Å². The van der Waals surface area contributed by atoms with Crippen molar-refractivity contribution in [2.45, 2.75) is 65.0 Å². The van der Waals surface area contributed by atoms with Crippen molar-refractivity contribution >= 4 is 5.91 Å². The number of aryl methyl sites for hydroxylation is 2. The van der Waals surface area contributed by atoms with Crippen LogP contribution in [0.1, 0.15) is 67.6 Å². The summed E-state index contributed by atoms with van der Waals surface area (Å²) in [5.41, 5.74) is 0.715. The number of aromatic nitrogens is 5. The number of carbonyl (C=O) groups excluding carboxylic acids is 1. The molecule has 1 fully saturated rings. The topological polar surface area (TPSA) is 106 Å². The number of hydrogen-bond donors (Lipinski definition) is 2. The molecule has 0 spiro atoms. The van der Waals surface area contributed by atoms with E-state index >= 15 is 0 Å². The highest BCUT2D eigenvalue weighted by Gasteiger charge is 2.23. The van der Waals surface area contributed by atoms with Crippen molar-refractivity contribution in [2.24, 2.45) is 0 Å². The third-order valence-electron chi connectivity index (χ3n) is 4.76. The molecule has 0 radical (unpaired) electrons. The zero-order chi connectivity index (χ0) is 18.0. The summed E-state index contributed by atoms with van der Waals surface area (Å²) in [6.45, 7) is 5.35. The second-order valence-electron chi connectivity index (χ2n) is 6.72. The molecule has 0 aromatic carbocycles. The Labute approximate surface area is 146 Å². The van der Waals surface area contributed by atoms with Gasteiger partial charge in [0.15, 0.2) is 5.82 Å². The predicted molar refractivity (Wildman–Crippen MR) is 92.1 cm³/mol. The van der Waals surface area contributed by atoms with Crippen molar-refractivity contribution in [3.63, 3.8) is 0 Å². The van der Waals surface area contributed by atoms with Gasteiger partial charge in [-0.1, -0.05) is 12.8 Å². The third-order valence-corrected chi connectivity index (χ3v) is 4.76. The van der Waals surface area contributed by atoms with Gasteiger partial charge in [0.25, 0.3) is 5.56 Å². The molecular formula is C17H24N6O2. The Morgan fingerprint density at radius 2 is 2.12 bits per heavy atom. The molecule has 0 unspecified atom stereocenters. The van der Waals surface area contributed by atoms with E-state index in [1.165, 1.54) is 12.8 Å². The van der Waals surface area contributed by atoms with Crippen LogP contribution in [0.5, 0.6) is 0 Å². The minimum atomic E-state index is -0.270. The number of nitrogens with one attached hydrogen (secondary N) is 2. The molecule has 0 aliphatic heterocycles. The monoisotopic (exact) mass is 344 g/mol. The summed E-state index contributed by atoms with van der Waals surface area (Å²) in [7, 11) is 0. The summed E-state index contributed by atoms with van der Waals surface area (Å²) < 4.78 is 2.07. The molecule has 1 saturated carbocycles. The van der Waals surface area contributed by atoms with E-state index in [-0.39, 0.29) is 23.9 Å². The van der Waals surface area contributed by atoms with Gasteiger partial charge in [0.05, 0.1) is 12.5 Å². The molecule has 1 aliphatic rings.